The molecule has 0 bridgehead atoms. The number of methoxy groups -OCH3 is 1. The molecule has 0 atom stereocenters. The van der Waals surface area contributed by atoms with Gasteiger partial charge in [0, 0.05) is 18.1 Å². The highest BCUT2D eigenvalue weighted by Gasteiger charge is 2.31. The van der Waals surface area contributed by atoms with Crippen molar-refractivity contribution in [2.75, 3.05) is 12.4 Å². The van der Waals surface area contributed by atoms with Crippen LogP contribution >= 0.6 is 34.9 Å². The first-order valence-electron chi connectivity index (χ1n) is 8.19. The van der Waals surface area contributed by atoms with E-state index in [2.05, 4.69) is 20.7 Å². The minimum atomic E-state index is -4.53. The summed E-state index contributed by atoms with van der Waals surface area (Å²) in [5.74, 6) is 0.732. The molecular weight excluding hydrogens is 457 g/mol. The second-order valence-electron chi connectivity index (χ2n) is 5.66. The van der Waals surface area contributed by atoms with Gasteiger partial charge >= 0.3 is 6.18 Å². The average molecular weight is 469 g/mol. The third-order valence-electron chi connectivity index (χ3n) is 3.70. The molecule has 2 heterocycles. The molecule has 0 radical (unpaired) electrons. The number of rotatable bonds is 6. The Morgan fingerprint density at radius 2 is 2.00 bits per heavy atom. The monoisotopic (exact) mass is 468 g/mol. The van der Waals surface area contributed by atoms with Crippen LogP contribution in [0.2, 0.25) is 5.02 Å². The van der Waals surface area contributed by atoms with E-state index >= 15 is 0 Å². The topological polar surface area (TPSA) is 70.8 Å². The van der Waals surface area contributed by atoms with E-state index in [1.54, 1.807) is 31.5 Å². The second-order valence-corrected chi connectivity index (χ2v) is 7.85. The number of nitrogens with zero attached hydrogens (tertiary/aromatic N) is 3. The fraction of sp³-hybridized carbons (Fsp3) is 0.105. The standard InChI is InChI=1S/C19H12ClF3N4OS2/c1-28-13-4-2-12(3-5-13)25-7-6-16-14(9-24)17(27-30-16)29-18-15(20)8-11(10-26-18)19(21,22)23/h2-8,10,25H,1H3. The second kappa shape index (κ2) is 9.38. The summed E-state index contributed by atoms with van der Waals surface area (Å²) in [6, 6.07) is 10.1. The smallest absolute Gasteiger partial charge is 0.417 e. The average Bonchev–Trinajstić information content (AvgIpc) is 3.10. The number of benzene rings is 1. The number of nitrogens with one attached hydrogen (secondary N) is 1. The van der Waals surface area contributed by atoms with Crippen LogP contribution in [0, 0.1) is 11.3 Å². The van der Waals surface area contributed by atoms with Crippen molar-refractivity contribution in [3.8, 4) is 11.8 Å². The molecule has 3 aromatic rings. The van der Waals surface area contributed by atoms with Gasteiger partial charge in [-0.15, -0.1) is 0 Å². The van der Waals surface area contributed by atoms with Crippen molar-refractivity contribution in [1.82, 2.24) is 9.36 Å². The van der Waals surface area contributed by atoms with Crippen molar-refractivity contribution >= 4 is 46.7 Å². The Bertz CT molecular complexity index is 1110. The highest BCUT2D eigenvalue weighted by Crippen LogP contribution is 2.38. The van der Waals surface area contributed by atoms with E-state index in [1.165, 1.54) is 0 Å². The summed E-state index contributed by atoms with van der Waals surface area (Å²) < 4.78 is 47.5. The summed E-state index contributed by atoms with van der Waals surface area (Å²) in [6.45, 7) is 0. The summed E-state index contributed by atoms with van der Waals surface area (Å²) in [7, 11) is 1.58. The highest BCUT2D eigenvalue weighted by atomic mass is 35.5. The molecule has 0 aliphatic heterocycles. The molecule has 1 aromatic carbocycles. The lowest BCUT2D eigenvalue weighted by molar-refractivity contribution is -0.137. The Morgan fingerprint density at radius 3 is 2.60 bits per heavy atom. The predicted molar refractivity (Wildman–Crippen MR) is 111 cm³/mol. The fourth-order valence-electron chi connectivity index (χ4n) is 2.22. The van der Waals surface area contributed by atoms with Crippen LogP contribution < -0.4 is 10.1 Å². The van der Waals surface area contributed by atoms with E-state index in [0.717, 1.165) is 40.8 Å². The number of pyridine rings is 1. The van der Waals surface area contributed by atoms with Crippen LogP contribution in [-0.2, 0) is 6.18 Å². The number of hydrogen-bond donors (Lipinski definition) is 1. The number of halogens is 4. The van der Waals surface area contributed by atoms with E-state index in [0.29, 0.717) is 16.1 Å². The van der Waals surface area contributed by atoms with Gasteiger partial charge in [-0.1, -0.05) is 11.6 Å². The minimum Gasteiger partial charge on any atom is -0.497 e. The summed E-state index contributed by atoms with van der Waals surface area (Å²) in [6.07, 6.45) is -0.486. The van der Waals surface area contributed by atoms with Gasteiger partial charge in [0.1, 0.15) is 27.4 Å². The third-order valence-corrected chi connectivity index (χ3v) is 6.04. The van der Waals surface area contributed by atoms with Gasteiger partial charge in [0.25, 0.3) is 0 Å². The van der Waals surface area contributed by atoms with Gasteiger partial charge in [0.2, 0.25) is 0 Å². The number of nitriles is 1. The molecule has 3 rings (SSSR count). The molecule has 0 spiro atoms. The molecule has 11 heteroatoms. The van der Waals surface area contributed by atoms with Crippen LogP contribution in [0.4, 0.5) is 18.9 Å². The van der Waals surface area contributed by atoms with Crippen molar-refractivity contribution in [3.63, 3.8) is 0 Å². The van der Waals surface area contributed by atoms with Crippen LogP contribution in [0.5, 0.6) is 5.75 Å². The maximum atomic E-state index is 12.7. The zero-order valence-corrected chi connectivity index (χ0v) is 17.6. The molecule has 0 unspecified atom stereocenters. The van der Waals surface area contributed by atoms with Crippen LogP contribution in [-0.4, -0.2) is 16.5 Å². The minimum absolute atomic E-state index is 0.137. The Labute approximate surface area is 183 Å². The zero-order valence-electron chi connectivity index (χ0n) is 15.2. The molecule has 2 aromatic heterocycles. The Kier molecular flexibility index (Phi) is 6.87. The maximum Gasteiger partial charge on any atom is 0.417 e. The van der Waals surface area contributed by atoms with Crippen molar-refractivity contribution in [1.29, 1.82) is 5.26 Å². The molecule has 30 heavy (non-hydrogen) atoms. The highest BCUT2D eigenvalue weighted by molar-refractivity contribution is 7.99. The molecule has 0 fully saturated rings. The SMILES string of the molecule is COc1ccc(NC=Cc2snc(Sc3ncc(C(F)(F)F)cc3Cl)c2C#N)cc1. The van der Waals surface area contributed by atoms with E-state index in [9.17, 15) is 18.4 Å². The molecule has 0 saturated heterocycles. The van der Waals surface area contributed by atoms with Gasteiger partial charge < -0.3 is 10.1 Å². The predicted octanol–water partition coefficient (Wildman–Crippen LogP) is 6.32. The number of ether oxygens (including phenoxy) is 1. The first-order chi connectivity index (χ1) is 14.3. The Hall–Kier alpha value is -2.74. The van der Waals surface area contributed by atoms with E-state index in [4.69, 9.17) is 16.3 Å². The van der Waals surface area contributed by atoms with Gasteiger partial charge in [0.15, 0.2) is 0 Å². The van der Waals surface area contributed by atoms with Crippen molar-refractivity contribution < 1.29 is 17.9 Å². The summed E-state index contributed by atoms with van der Waals surface area (Å²) >= 11 is 7.96. The first kappa shape index (κ1) is 22.0. The van der Waals surface area contributed by atoms with Crippen LogP contribution in [0.1, 0.15) is 16.0 Å². The molecule has 0 amide bonds. The summed E-state index contributed by atoms with van der Waals surface area (Å²) in [5, 5.41) is 12.9. The molecule has 154 valence electrons. The van der Waals surface area contributed by atoms with Gasteiger partial charge in [-0.3, -0.25) is 0 Å². The van der Waals surface area contributed by atoms with E-state index in [-0.39, 0.29) is 15.6 Å². The molecule has 5 nitrogen and oxygen atoms in total. The molecule has 0 aliphatic rings. The summed E-state index contributed by atoms with van der Waals surface area (Å²) in [4.78, 5) is 4.35. The number of alkyl halides is 3. The zero-order chi connectivity index (χ0) is 21.7. The van der Waals surface area contributed by atoms with Crippen LogP contribution in [0.15, 0.2) is 52.8 Å². The van der Waals surface area contributed by atoms with Crippen molar-refractivity contribution in [2.24, 2.45) is 0 Å². The lowest BCUT2D eigenvalue weighted by atomic mass is 10.3. The number of anilines is 1. The van der Waals surface area contributed by atoms with Crippen molar-refractivity contribution in [3.05, 3.63) is 63.8 Å². The lowest BCUT2D eigenvalue weighted by Crippen LogP contribution is -2.05. The number of aromatic nitrogens is 2. The van der Waals surface area contributed by atoms with E-state index < -0.39 is 11.7 Å². The fourth-order valence-corrected chi connectivity index (χ4v) is 4.17. The van der Waals surface area contributed by atoms with Gasteiger partial charge in [-0.25, -0.2) is 4.98 Å². The molecule has 0 saturated carbocycles. The quantitative estimate of drug-likeness (QED) is 0.456. The molecule has 1 N–H and O–H groups in total. The van der Waals surface area contributed by atoms with Gasteiger partial charge in [-0.05, 0) is 59.7 Å². The van der Waals surface area contributed by atoms with E-state index in [1.807, 2.05) is 12.1 Å². The van der Waals surface area contributed by atoms with Crippen molar-refractivity contribution in [2.45, 2.75) is 16.2 Å². The number of hydrogen-bond acceptors (Lipinski definition) is 7. The Balaban J connectivity index is 1.75. The van der Waals surface area contributed by atoms with Gasteiger partial charge in [0.05, 0.1) is 22.6 Å². The Morgan fingerprint density at radius 1 is 1.27 bits per heavy atom. The lowest BCUT2D eigenvalue weighted by Gasteiger charge is -2.08. The molecular formula is C19H12ClF3N4OS2. The summed E-state index contributed by atoms with van der Waals surface area (Å²) in [5.41, 5.74) is 0.171. The normalized spacial score (nSPS) is 11.5. The first-order valence-corrected chi connectivity index (χ1v) is 10.2. The van der Waals surface area contributed by atoms with Gasteiger partial charge in [-0.2, -0.15) is 22.8 Å². The third kappa shape index (κ3) is 5.24. The largest absolute Gasteiger partial charge is 0.497 e. The van der Waals surface area contributed by atoms with Crippen LogP contribution in [0.25, 0.3) is 6.08 Å². The maximum absolute atomic E-state index is 12.7. The van der Waals surface area contributed by atoms with Crippen LogP contribution in [0.3, 0.4) is 0 Å². The molecule has 0 aliphatic carbocycles.